The fraction of sp³-hybridized carbons (Fsp3) is 0.722. The normalized spacial score (nSPS) is 36.3. The van der Waals surface area contributed by atoms with Gasteiger partial charge in [0.1, 0.15) is 12.2 Å². The monoisotopic (exact) mass is 672 g/mol. The van der Waals surface area contributed by atoms with Crippen LogP contribution in [0.4, 0.5) is 0 Å². The molecule has 0 amide bonds. The van der Waals surface area contributed by atoms with Gasteiger partial charge in [-0.15, -0.1) is 0 Å². The van der Waals surface area contributed by atoms with Crippen LogP contribution in [0, 0.1) is 53.3 Å². The molecule has 0 aromatic heterocycles. The number of fused-ring (bicyclic) bond motifs is 5. The fourth-order valence-corrected chi connectivity index (χ4v) is 11.0. The first-order chi connectivity index (χ1) is 22.1. The van der Waals surface area contributed by atoms with Crippen molar-refractivity contribution in [2.24, 2.45) is 51.4 Å². The molecule has 4 saturated carbocycles. The number of hydrogen-bond acceptors (Lipinski definition) is 9. The van der Waals surface area contributed by atoms with Crippen LogP contribution in [-0.4, -0.2) is 51.4 Å². The van der Waals surface area contributed by atoms with Crippen molar-refractivity contribution >= 4 is 33.6 Å². The van der Waals surface area contributed by atoms with Gasteiger partial charge in [-0.25, -0.2) is 4.83 Å². The van der Waals surface area contributed by atoms with Gasteiger partial charge in [0, 0.05) is 37.3 Å². The van der Waals surface area contributed by atoms with E-state index in [2.05, 4.69) is 25.6 Å². The second kappa shape index (κ2) is 13.5. The third kappa shape index (κ3) is 6.83. The van der Waals surface area contributed by atoms with Gasteiger partial charge < -0.3 is 14.2 Å². The van der Waals surface area contributed by atoms with Gasteiger partial charge in [-0.2, -0.15) is 13.5 Å². The van der Waals surface area contributed by atoms with Gasteiger partial charge in [0.15, 0.2) is 0 Å². The van der Waals surface area contributed by atoms with Crippen molar-refractivity contribution in [1.82, 2.24) is 4.83 Å². The lowest BCUT2D eigenvalue weighted by molar-refractivity contribution is -0.184. The summed E-state index contributed by atoms with van der Waals surface area (Å²) in [6.07, 6.45) is 5.88. The molecule has 47 heavy (non-hydrogen) atoms. The fourth-order valence-electron chi connectivity index (χ4n) is 10.2. The number of nitrogens with zero attached hydrogens (tertiary/aromatic N) is 1. The lowest BCUT2D eigenvalue weighted by Crippen LogP contribution is -2.62. The van der Waals surface area contributed by atoms with Gasteiger partial charge in [-0.3, -0.25) is 14.4 Å². The van der Waals surface area contributed by atoms with E-state index in [1.807, 2.05) is 6.92 Å². The lowest BCUT2D eigenvalue weighted by atomic mass is 9.43. The molecule has 1 N–H and O–H groups in total. The number of hydrogen-bond donors (Lipinski definition) is 1. The molecule has 0 spiro atoms. The summed E-state index contributed by atoms with van der Waals surface area (Å²) >= 11 is 0. The number of benzene rings is 1. The van der Waals surface area contributed by atoms with Crippen LogP contribution < -0.4 is 4.83 Å². The number of methoxy groups -OCH3 is 1. The molecule has 5 rings (SSSR count). The van der Waals surface area contributed by atoms with E-state index in [0.717, 1.165) is 37.0 Å². The molecule has 260 valence electrons. The smallest absolute Gasteiger partial charge is 0.305 e. The molecule has 0 aliphatic heterocycles. The number of esters is 3. The van der Waals surface area contributed by atoms with Crippen LogP contribution in [0.25, 0.3) is 0 Å². The van der Waals surface area contributed by atoms with Crippen molar-refractivity contribution < 1.29 is 37.0 Å². The SMILES string of the molecule is COC(=O)CC[C@@H](C)[C@H]1CC[C@H]2[C@@H]3[C@H](OC(C)=O)C[C@@H]4C[C@H](OC(C)=O)CC[C@]4(C)[C@H]3C/C(=N\NS(=O)(=O)c3ccc(C)cc3)[C@]12C. The van der Waals surface area contributed by atoms with Gasteiger partial charge in [-0.1, -0.05) is 38.5 Å². The summed E-state index contributed by atoms with van der Waals surface area (Å²) in [6, 6.07) is 6.71. The third-order valence-corrected chi connectivity index (χ3v) is 13.8. The highest BCUT2D eigenvalue weighted by atomic mass is 32.2. The van der Waals surface area contributed by atoms with E-state index in [4.69, 9.17) is 19.3 Å². The Hall–Kier alpha value is -2.95. The maximum absolute atomic E-state index is 13.5. The van der Waals surface area contributed by atoms with Gasteiger partial charge in [0.2, 0.25) is 0 Å². The molecule has 11 heteroatoms. The molecule has 0 radical (unpaired) electrons. The Labute approximate surface area is 279 Å². The maximum atomic E-state index is 13.5. The standard InChI is InChI=1S/C36H52N2O8S/c1-21-8-11-27(12-9-21)47(42,43)38-37-32-20-30-34(29-14-13-28(36(29,32)6)22(2)10-15-33(41)44-7)31(46-24(4)40)19-25-18-26(45-23(3)39)16-17-35(25,30)5/h8-9,11-12,22,25-26,28-31,34,38H,10,13-20H2,1-7H3/b37-32+/t22-,25+,26-,28-,29+,30+,31-,34+,35+,36-/m1/s1. The van der Waals surface area contributed by atoms with Crippen LogP contribution in [-0.2, 0) is 38.6 Å². The molecule has 0 bridgehead atoms. The summed E-state index contributed by atoms with van der Waals surface area (Å²) in [5.41, 5.74) is 1.18. The Morgan fingerprint density at radius 2 is 1.68 bits per heavy atom. The summed E-state index contributed by atoms with van der Waals surface area (Å²) in [4.78, 5) is 39.3. The van der Waals surface area contributed by atoms with Crippen molar-refractivity contribution in [3.05, 3.63) is 29.8 Å². The van der Waals surface area contributed by atoms with Crippen molar-refractivity contribution in [3.8, 4) is 0 Å². The highest BCUT2D eigenvalue weighted by molar-refractivity contribution is 7.89. The van der Waals surface area contributed by atoms with Gasteiger partial charge in [0.25, 0.3) is 10.0 Å². The maximum Gasteiger partial charge on any atom is 0.305 e. The Bertz CT molecular complexity index is 1490. The zero-order valence-corrected chi connectivity index (χ0v) is 29.7. The van der Waals surface area contributed by atoms with Crippen molar-refractivity contribution in [3.63, 3.8) is 0 Å². The van der Waals surface area contributed by atoms with Crippen LogP contribution >= 0.6 is 0 Å². The Morgan fingerprint density at radius 3 is 2.32 bits per heavy atom. The quantitative estimate of drug-likeness (QED) is 0.193. The number of rotatable bonds is 9. The number of sulfonamides is 1. The molecule has 1 aromatic rings. The van der Waals surface area contributed by atoms with E-state index in [9.17, 15) is 22.8 Å². The third-order valence-electron chi connectivity index (χ3n) is 12.6. The van der Waals surface area contributed by atoms with Crippen LogP contribution in [0.2, 0.25) is 0 Å². The predicted octanol–water partition coefficient (Wildman–Crippen LogP) is 5.96. The van der Waals surface area contributed by atoms with Crippen molar-refractivity contribution in [2.45, 2.75) is 116 Å². The van der Waals surface area contributed by atoms with E-state index in [0.29, 0.717) is 32.1 Å². The minimum atomic E-state index is -3.92. The van der Waals surface area contributed by atoms with E-state index >= 15 is 0 Å². The van der Waals surface area contributed by atoms with Crippen LogP contribution in [0.5, 0.6) is 0 Å². The predicted molar refractivity (Wildman–Crippen MR) is 176 cm³/mol. The molecule has 10 atom stereocenters. The zero-order chi connectivity index (χ0) is 34.3. The molecule has 0 heterocycles. The Morgan fingerprint density at radius 1 is 1.00 bits per heavy atom. The summed E-state index contributed by atoms with van der Waals surface area (Å²) < 4.78 is 43.8. The van der Waals surface area contributed by atoms with E-state index in [1.165, 1.54) is 21.0 Å². The molecule has 4 aliphatic carbocycles. The minimum absolute atomic E-state index is 0.0703. The Kier molecular flexibility index (Phi) is 10.2. The van der Waals surface area contributed by atoms with Crippen molar-refractivity contribution in [1.29, 1.82) is 0 Å². The number of carbonyl (C=O) groups excluding carboxylic acids is 3. The summed E-state index contributed by atoms with van der Waals surface area (Å²) in [5.74, 6) is -0.120. The molecule has 0 unspecified atom stereocenters. The Balaban J connectivity index is 1.56. The summed E-state index contributed by atoms with van der Waals surface area (Å²) in [5, 5.41) is 4.82. The lowest BCUT2D eigenvalue weighted by Gasteiger charge is -2.62. The van der Waals surface area contributed by atoms with Crippen LogP contribution in [0.1, 0.15) is 98.0 Å². The number of hydrazone groups is 1. The van der Waals surface area contributed by atoms with Crippen LogP contribution in [0.3, 0.4) is 0 Å². The average Bonchev–Trinajstić information content (AvgIpc) is 3.36. The number of aryl methyl sites for hydroxylation is 1. The topological polar surface area (TPSA) is 137 Å². The number of carbonyl (C=O) groups is 3. The molecular weight excluding hydrogens is 620 g/mol. The largest absolute Gasteiger partial charge is 0.469 e. The van der Waals surface area contributed by atoms with E-state index in [-0.39, 0.29) is 75.9 Å². The number of nitrogens with one attached hydrogen (secondary N) is 1. The molecule has 0 saturated heterocycles. The first-order valence-electron chi connectivity index (χ1n) is 17.2. The second-order valence-corrected chi connectivity index (χ2v) is 16.8. The first kappa shape index (κ1) is 35.4. The average molecular weight is 673 g/mol. The van der Waals surface area contributed by atoms with Gasteiger partial charge >= 0.3 is 17.9 Å². The second-order valence-electron chi connectivity index (χ2n) is 15.1. The minimum Gasteiger partial charge on any atom is -0.469 e. The summed E-state index contributed by atoms with van der Waals surface area (Å²) in [6.45, 7) is 11.5. The van der Waals surface area contributed by atoms with E-state index < -0.39 is 15.4 Å². The molecule has 4 fully saturated rings. The van der Waals surface area contributed by atoms with Gasteiger partial charge in [0.05, 0.1) is 12.0 Å². The van der Waals surface area contributed by atoms with Crippen LogP contribution in [0.15, 0.2) is 34.3 Å². The molecular formula is C36H52N2O8S. The number of ether oxygens (including phenoxy) is 3. The molecule has 10 nitrogen and oxygen atoms in total. The zero-order valence-electron chi connectivity index (χ0n) is 28.9. The van der Waals surface area contributed by atoms with E-state index in [1.54, 1.807) is 24.3 Å². The summed E-state index contributed by atoms with van der Waals surface area (Å²) in [7, 11) is -2.52. The molecule has 4 aliphatic rings. The highest BCUT2D eigenvalue weighted by Gasteiger charge is 2.66. The van der Waals surface area contributed by atoms with Crippen molar-refractivity contribution in [2.75, 3.05) is 7.11 Å². The van der Waals surface area contributed by atoms with Gasteiger partial charge in [-0.05, 0) is 105 Å². The molecule has 1 aromatic carbocycles. The highest BCUT2D eigenvalue weighted by Crippen LogP contribution is 2.68. The first-order valence-corrected chi connectivity index (χ1v) is 18.6.